The highest BCUT2D eigenvalue weighted by molar-refractivity contribution is 7.89. The third-order valence-corrected chi connectivity index (χ3v) is 5.81. The number of esters is 1. The molecular formula is C17H23FN2O5S. The van der Waals surface area contributed by atoms with Gasteiger partial charge in [0.1, 0.15) is 5.82 Å². The van der Waals surface area contributed by atoms with Crippen molar-refractivity contribution in [2.45, 2.75) is 37.6 Å². The molecule has 0 aliphatic carbocycles. The zero-order valence-electron chi connectivity index (χ0n) is 14.8. The Morgan fingerprint density at radius 3 is 2.38 bits per heavy atom. The molecule has 1 N–H and O–H groups in total. The fourth-order valence-electron chi connectivity index (χ4n) is 2.83. The molecular weight excluding hydrogens is 363 g/mol. The first-order valence-corrected chi connectivity index (χ1v) is 9.96. The Hall–Kier alpha value is -2.00. The Kier molecular flexibility index (Phi) is 6.71. The number of amides is 1. The number of ether oxygens (including phenoxy) is 1. The average Bonchev–Trinajstić information content (AvgIpc) is 2.61. The minimum absolute atomic E-state index is 0.112. The monoisotopic (exact) mass is 386 g/mol. The van der Waals surface area contributed by atoms with Crippen molar-refractivity contribution in [3.8, 4) is 0 Å². The second-order valence-corrected chi connectivity index (χ2v) is 7.86. The van der Waals surface area contributed by atoms with Crippen molar-refractivity contribution in [3.05, 3.63) is 30.1 Å². The van der Waals surface area contributed by atoms with Crippen LogP contribution in [0.5, 0.6) is 0 Å². The molecule has 1 aromatic rings. The Bertz CT molecular complexity index is 743. The molecule has 0 spiro atoms. The maximum absolute atomic E-state index is 12.9. The summed E-state index contributed by atoms with van der Waals surface area (Å²) >= 11 is 0. The summed E-state index contributed by atoms with van der Waals surface area (Å²) in [6.45, 7) is 4.25. The number of hydrogen-bond acceptors (Lipinski definition) is 5. The molecule has 7 nitrogen and oxygen atoms in total. The lowest BCUT2D eigenvalue weighted by Crippen LogP contribution is -2.49. The number of likely N-dealkylation sites (tertiary alicyclic amines) is 1. The number of sulfonamides is 1. The van der Waals surface area contributed by atoms with Gasteiger partial charge in [0, 0.05) is 13.1 Å². The van der Waals surface area contributed by atoms with Crippen LogP contribution in [0.4, 0.5) is 4.39 Å². The van der Waals surface area contributed by atoms with Crippen LogP contribution in [0.25, 0.3) is 0 Å². The van der Waals surface area contributed by atoms with Crippen LogP contribution >= 0.6 is 0 Å². The number of benzene rings is 1. The van der Waals surface area contributed by atoms with E-state index in [9.17, 15) is 22.4 Å². The van der Waals surface area contributed by atoms with E-state index in [1.54, 1.807) is 6.92 Å². The van der Waals surface area contributed by atoms with Gasteiger partial charge in [0.2, 0.25) is 15.9 Å². The lowest BCUT2D eigenvalue weighted by molar-refractivity contribution is -0.151. The van der Waals surface area contributed by atoms with E-state index in [1.807, 2.05) is 0 Å². The quantitative estimate of drug-likeness (QED) is 0.744. The fraction of sp³-hybridized carbons (Fsp3) is 0.529. The number of nitrogens with zero attached hydrogens (tertiary/aromatic N) is 1. The molecule has 1 amide bonds. The molecule has 9 heteroatoms. The van der Waals surface area contributed by atoms with E-state index in [-0.39, 0.29) is 22.7 Å². The van der Waals surface area contributed by atoms with Gasteiger partial charge in [0.15, 0.2) is 0 Å². The van der Waals surface area contributed by atoms with Crippen LogP contribution in [-0.4, -0.2) is 50.9 Å². The van der Waals surface area contributed by atoms with Crippen molar-refractivity contribution in [1.29, 1.82) is 0 Å². The molecule has 144 valence electrons. The van der Waals surface area contributed by atoms with E-state index >= 15 is 0 Å². The Morgan fingerprint density at radius 1 is 1.27 bits per heavy atom. The Morgan fingerprint density at radius 2 is 1.85 bits per heavy atom. The fourth-order valence-corrected chi connectivity index (χ4v) is 4.03. The molecule has 0 radical (unpaired) electrons. The Balaban J connectivity index is 1.93. The molecule has 2 rings (SSSR count). The molecule has 0 aromatic heterocycles. The normalized spacial score (nSPS) is 17.0. The Labute approximate surface area is 152 Å². The van der Waals surface area contributed by atoms with E-state index in [4.69, 9.17) is 4.74 Å². The van der Waals surface area contributed by atoms with E-state index in [0.717, 1.165) is 24.3 Å². The molecule has 0 unspecified atom stereocenters. The lowest BCUT2D eigenvalue weighted by atomic mass is 9.96. The van der Waals surface area contributed by atoms with Crippen LogP contribution < -0.4 is 4.72 Å². The molecule has 1 heterocycles. The van der Waals surface area contributed by atoms with Crippen molar-refractivity contribution < 1.29 is 27.1 Å². The van der Waals surface area contributed by atoms with Crippen molar-refractivity contribution in [2.75, 3.05) is 19.7 Å². The zero-order chi connectivity index (χ0) is 19.3. The van der Waals surface area contributed by atoms with Crippen molar-refractivity contribution in [3.63, 3.8) is 0 Å². The topological polar surface area (TPSA) is 92.8 Å². The number of carbonyl (C=O) groups excluding carboxylic acids is 2. The van der Waals surface area contributed by atoms with Gasteiger partial charge in [-0.1, -0.05) is 0 Å². The highest BCUT2D eigenvalue weighted by Crippen LogP contribution is 2.19. The number of piperidine rings is 1. The van der Waals surface area contributed by atoms with Crippen LogP contribution in [0.15, 0.2) is 29.2 Å². The third-order valence-electron chi connectivity index (χ3n) is 4.25. The molecule has 1 fully saturated rings. The van der Waals surface area contributed by atoms with Crippen molar-refractivity contribution in [1.82, 2.24) is 9.62 Å². The van der Waals surface area contributed by atoms with E-state index in [0.29, 0.717) is 32.5 Å². The van der Waals surface area contributed by atoms with Crippen LogP contribution in [0.1, 0.15) is 26.7 Å². The summed E-state index contributed by atoms with van der Waals surface area (Å²) in [5, 5.41) is 0. The largest absolute Gasteiger partial charge is 0.466 e. The number of nitrogens with one attached hydrogen (secondary N) is 1. The van der Waals surface area contributed by atoms with Gasteiger partial charge in [-0.25, -0.2) is 12.8 Å². The van der Waals surface area contributed by atoms with Gasteiger partial charge in [-0.2, -0.15) is 4.72 Å². The molecule has 1 aliphatic rings. The standard InChI is InChI=1S/C17H23FN2O5S/c1-3-25-17(22)13-8-10-20(11-9-13)16(21)12(2)19-26(23,24)15-6-4-14(18)5-7-15/h4-7,12-13,19H,3,8-11H2,1-2H3/t12-/m1/s1. The minimum Gasteiger partial charge on any atom is -0.466 e. The van der Waals surface area contributed by atoms with E-state index in [1.165, 1.54) is 11.8 Å². The maximum Gasteiger partial charge on any atom is 0.309 e. The highest BCUT2D eigenvalue weighted by Gasteiger charge is 2.31. The van der Waals surface area contributed by atoms with E-state index in [2.05, 4.69) is 4.72 Å². The number of rotatable bonds is 6. The van der Waals surface area contributed by atoms with Crippen LogP contribution in [0.3, 0.4) is 0 Å². The molecule has 0 bridgehead atoms. The van der Waals surface area contributed by atoms with Gasteiger partial charge in [0.05, 0.1) is 23.5 Å². The number of carbonyl (C=O) groups is 2. The van der Waals surface area contributed by atoms with Crippen LogP contribution in [-0.2, 0) is 24.3 Å². The second kappa shape index (κ2) is 8.59. The molecule has 1 saturated heterocycles. The minimum atomic E-state index is -3.93. The van der Waals surface area contributed by atoms with Crippen molar-refractivity contribution in [2.24, 2.45) is 5.92 Å². The van der Waals surface area contributed by atoms with Crippen LogP contribution in [0.2, 0.25) is 0 Å². The average molecular weight is 386 g/mol. The first-order chi connectivity index (χ1) is 12.2. The summed E-state index contributed by atoms with van der Waals surface area (Å²) in [4.78, 5) is 25.6. The molecule has 1 atom stereocenters. The number of halogens is 1. The SMILES string of the molecule is CCOC(=O)C1CCN(C(=O)[C@@H](C)NS(=O)(=O)c2ccc(F)cc2)CC1. The first kappa shape index (κ1) is 20.3. The predicted molar refractivity (Wildman–Crippen MR) is 92.1 cm³/mol. The molecule has 26 heavy (non-hydrogen) atoms. The zero-order valence-corrected chi connectivity index (χ0v) is 15.6. The van der Waals surface area contributed by atoms with Crippen molar-refractivity contribution >= 4 is 21.9 Å². The summed E-state index contributed by atoms with van der Waals surface area (Å²) in [7, 11) is -3.93. The van der Waals surface area contributed by atoms with Gasteiger partial charge in [-0.15, -0.1) is 0 Å². The summed E-state index contributed by atoms with van der Waals surface area (Å²) in [5.74, 6) is -1.40. The molecule has 1 aromatic carbocycles. The summed E-state index contributed by atoms with van der Waals surface area (Å²) in [6.07, 6.45) is 0.976. The van der Waals surface area contributed by atoms with Gasteiger partial charge in [0.25, 0.3) is 0 Å². The van der Waals surface area contributed by atoms with Gasteiger partial charge in [-0.05, 0) is 51.0 Å². The maximum atomic E-state index is 12.9. The highest BCUT2D eigenvalue weighted by atomic mass is 32.2. The smallest absolute Gasteiger partial charge is 0.309 e. The van der Waals surface area contributed by atoms with Gasteiger partial charge >= 0.3 is 5.97 Å². The number of hydrogen-bond donors (Lipinski definition) is 1. The third kappa shape index (κ3) is 5.01. The summed E-state index contributed by atoms with van der Waals surface area (Å²) in [6, 6.07) is 3.39. The van der Waals surface area contributed by atoms with Gasteiger partial charge in [-0.3, -0.25) is 9.59 Å². The summed E-state index contributed by atoms with van der Waals surface area (Å²) < 4.78 is 44.8. The van der Waals surface area contributed by atoms with Crippen LogP contribution in [0, 0.1) is 11.7 Å². The van der Waals surface area contributed by atoms with Gasteiger partial charge < -0.3 is 9.64 Å². The molecule has 0 saturated carbocycles. The predicted octanol–water partition coefficient (Wildman–Crippen LogP) is 1.29. The first-order valence-electron chi connectivity index (χ1n) is 8.48. The molecule has 1 aliphatic heterocycles. The van der Waals surface area contributed by atoms with E-state index < -0.39 is 21.9 Å². The lowest BCUT2D eigenvalue weighted by Gasteiger charge is -2.32. The summed E-state index contributed by atoms with van der Waals surface area (Å²) in [5.41, 5.74) is 0. The second-order valence-electron chi connectivity index (χ2n) is 6.15.